The average Bonchev–Trinajstić information content (AvgIpc) is 3.06. The summed E-state index contributed by atoms with van der Waals surface area (Å²) in [5, 5.41) is 1.91. The van der Waals surface area contributed by atoms with Crippen molar-refractivity contribution < 1.29 is 58.1 Å². The Labute approximate surface area is 303 Å². The molecule has 0 bridgehead atoms. The third-order valence-electron chi connectivity index (χ3n) is 12.8. The monoisotopic (exact) mass is 764 g/mol. The lowest BCUT2D eigenvalue weighted by atomic mass is 9.23. The molecule has 3 aliphatic heterocycles. The predicted molar refractivity (Wildman–Crippen MR) is 180 cm³/mol. The topological polar surface area (TPSA) is 21.7 Å². The van der Waals surface area contributed by atoms with Crippen molar-refractivity contribution in [2.24, 2.45) is 0 Å². The minimum Gasteiger partial charge on any atom is -0.400 e. The van der Waals surface area contributed by atoms with Gasteiger partial charge >= 0.3 is 6.35 Å². The number of benzene rings is 2. The van der Waals surface area contributed by atoms with Gasteiger partial charge in [0.2, 0.25) is 0 Å². The molecule has 53 heavy (non-hydrogen) atoms. The lowest BCUT2D eigenvalue weighted by Gasteiger charge is -2.78. The van der Waals surface area contributed by atoms with Gasteiger partial charge in [0.15, 0.2) is 34.9 Å². The Kier molecular flexibility index (Phi) is 9.81. The molecule has 1 spiro atoms. The first-order valence-electron chi connectivity index (χ1n) is 18.4. The second-order valence-electron chi connectivity index (χ2n) is 17.9. The highest BCUT2D eigenvalue weighted by molar-refractivity contribution is 6.99. The summed E-state index contributed by atoms with van der Waals surface area (Å²) in [5.74, 6) is -26.6. The van der Waals surface area contributed by atoms with Crippen molar-refractivity contribution in [2.45, 2.75) is 154 Å². The number of hydrogen-bond acceptors (Lipinski definition) is 3. The molecule has 3 heterocycles. The second kappa shape index (κ2) is 13.0. The molecular weight excluding hydrogens is 717 g/mol. The summed E-state index contributed by atoms with van der Waals surface area (Å²) >= 11 is 0. The largest absolute Gasteiger partial charge is 0.400 e. The van der Waals surface area contributed by atoms with Crippen LogP contribution in [0.1, 0.15) is 120 Å². The van der Waals surface area contributed by atoms with Gasteiger partial charge in [-0.3, -0.25) is 4.84 Å². The third kappa shape index (κ3) is 5.63. The molecule has 15 heteroatoms. The zero-order valence-corrected chi connectivity index (χ0v) is 31.4. The van der Waals surface area contributed by atoms with Crippen molar-refractivity contribution in [1.29, 1.82) is 0 Å². The van der Waals surface area contributed by atoms with Crippen molar-refractivity contribution >= 4 is 17.3 Å². The van der Waals surface area contributed by atoms with Gasteiger partial charge in [-0.2, -0.15) is 5.06 Å². The lowest BCUT2D eigenvalue weighted by molar-refractivity contribution is -1.19. The lowest BCUT2D eigenvalue weighted by Crippen LogP contribution is -2.98. The molecule has 2 aromatic rings. The Morgan fingerprint density at radius 3 is 1.42 bits per heavy atom. The third-order valence-corrected chi connectivity index (χ3v) is 12.8. The van der Waals surface area contributed by atoms with Crippen LogP contribution < -0.4 is 10.9 Å². The number of halogens is 10. The van der Waals surface area contributed by atoms with Crippen molar-refractivity contribution in [3.05, 3.63) is 69.8 Å². The average molecular weight is 765 g/mol. The number of rotatable bonds is 5. The number of nitrogens with zero attached hydrogens (tertiary/aromatic N) is 2. The van der Waals surface area contributed by atoms with Gasteiger partial charge < -0.3 is 4.76 Å². The molecule has 4 nitrogen and oxygen atoms in total. The summed E-state index contributed by atoms with van der Waals surface area (Å²) < 4.78 is 161. The van der Waals surface area contributed by atoms with E-state index in [0.29, 0.717) is 50.5 Å². The van der Waals surface area contributed by atoms with Crippen LogP contribution in [0.3, 0.4) is 0 Å². The molecule has 0 amide bonds. The van der Waals surface area contributed by atoms with Crippen LogP contribution in [0, 0.1) is 58.2 Å². The molecule has 294 valence electrons. The van der Waals surface area contributed by atoms with Gasteiger partial charge in [-0.15, -0.1) is 0 Å². The number of piperidine rings is 2. The molecule has 4 aliphatic rings. The molecule has 3 saturated heterocycles. The van der Waals surface area contributed by atoms with Gasteiger partial charge in [-0.1, -0.05) is 23.4 Å². The van der Waals surface area contributed by atoms with Crippen molar-refractivity contribution in [3.8, 4) is 0 Å². The Bertz CT molecular complexity index is 1700. The van der Waals surface area contributed by atoms with Gasteiger partial charge in [0.05, 0.1) is 5.94 Å². The molecular formula is C38H47BF10N2O2. The van der Waals surface area contributed by atoms with E-state index in [1.165, 1.54) is 6.08 Å². The van der Waals surface area contributed by atoms with Crippen LogP contribution in [-0.4, -0.2) is 50.3 Å². The molecule has 2 atom stereocenters. The van der Waals surface area contributed by atoms with Crippen LogP contribution >= 0.6 is 0 Å². The van der Waals surface area contributed by atoms with Gasteiger partial charge in [0, 0.05) is 23.9 Å². The van der Waals surface area contributed by atoms with E-state index in [4.69, 9.17) is 9.59 Å². The molecule has 2 unspecified atom stereocenters. The van der Waals surface area contributed by atoms with Gasteiger partial charge in [0.25, 0.3) is 0 Å². The number of hydrogen-bond donors (Lipinski definition) is 0. The molecule has 6 rings (SSSR count). The van der Waals surface area contributed by atoms with E-state index in [9.17, 15) is 8.78 Å². The summed E-state index contributed by atoms with van der Waals surface area (Å²) in [6, 6.07) is 0. The Hall–Kier alpha value is -2.62. The van der Waals surface area contributed by atoms with E-state index in [2.05, 4.69) is 0 Å². The van der Waals surface area contributed by atoms with Crippen LogP contribution in [0.25, 0.3) is 0 Å². The van der Waals surface area contributed by atoms with E-state index in [0.717, 1.165) is 19.3 Å². The van der Waals surface area contributed by atoms with E-state index in [1.807, 2.05) is 32.8 Å². The molecule has 0 radical (unpaired) electrons. The van der Waals surface area contributed by atoms with E-state index >= 15 is 35.1 Å². The van der Waals surface area contributed by atoms with Crippen LogP contribution in [0.4, 0.5) is 43.9 Å². The highest BCUT2D eigenvalue weighted by Crippen LogP contribution is 2.58. The molecule has 1 saturated carbocycles. The van der Waals surface area contributed by atoms with E-state index in [-0.39, 0.29) is 0 Å². The molecule has 4 fully saturated rings. The Morgan fingerprint density at radius 1 is 0.585 bits per heavy atom. The molecule has 2 aromatic carbocycles. The highest BCUT2D eigenvalue weighted by Gasteiger charge is 2.76. The predicted octanol–water partition coefficient (Wildman–Crippen LogP) is 9.39. The summed E-state index contributed by atoms with van der Waals surface area (Å²) in [4.78, 5) is 6.80. The van der Waals surface area contributed by atoms with Gasteiger partial charge in [0.1, 0.15) is 40.5 Å². The van der Waals surface area contributed by atoms with Crippen LogP contribution in [0.15, 0.2) is 11.6 Å². The first kappa shape index (κ1) is 40.1. The number of hydroxylamine groups is 5. The summed E-state index contributed by atoms with van der Waals surface area (Å²) in [6.45, 7) is 15.0. The van der Waals surface area contributed by atoms with Crippen molar-refractivity contribution in [2.75, 3.05) is 0 Å². The zero-order chi connectivity index (χ0) is 39.4. The number of quaternary nitrogens is 1. The summed E-state index contributed by atoms with van der Waals surface area (Å²) in [7, 11) is 0. The van der Waals surface area contributed by atoms with Crippen LogP contribution in [0.5, 0.6) is 0 Å². The maximum atomic E-state index is 16.2. The molecule has 1 aliphatic carbocycles. The van der Waals surface area contributed by atoms with Crippen molar-refractivity contribution in [1.82, 2.24) is 5.06 Å². The smallest absolute Gasteiger partial charge is 0.313 e. The fourth-order valence-electron chi connectivity index (χ4n) is 10.6. The second-order valence-corrected chi connectivity index (χ2v) is 17.9. The quantitative estimate of drug-likeness (QED) is 0.0757. The summed E-state index contributed by atoms with van der Waals surface area (Å²) in [5.41, 5.74) is -6.12. The van der Waals surface area contributed by atoms with Crippen LogP contribution in [-0.2, 0) is 9.59 Å². The normalized spacial score (nSPS) is 27.9. The zero-order valence-electron chi connectivity index (χ0n) is 31.4. The maximum Gasteiger partial charge on any atom is 0.313 e. The fraction of sp³-hybridized carbons (Fsp3) is 0.632. The standard InChI is InChI=1S/C38H47BF10N2O2/c1-35(2)15-11-16-36(3,4)50(35)52-21-14-10-9-13-20(21)19-22-39(23-25(40)29(44)33(48)30(45)26(23)41,24-27(42)31(46)34(49)32(47)28(24)43)53-51(22)37(5,6)17-12-18-38(51,7)8/h19,21-22H,9-18H2,1-8H3/b20-19+. The molecule has 0 N–H and O–H groups in total. The minimum atomic E-state index is -4.51. The first-order chi connectivity index (χ1) is 24.4. The van der Waals surface area contributed by atoms with E-state index < -0.39 is 114 Å². The van der Waals surface area contributed by atoms with E-state index in [1.54, 1.807) is 27.7 Å². The Balaban J connectivity index is 1.72. The van der Waals surface area contributed by atoms with Crippen molar-refractivity contribution in [3.63, 3.8) is 0 Å². The summed E-state index contributed by atoms with van der Waals surface area (Å²) in [6.07, 6.45) is 2.14. The first-order valence-corrected chi connectivity index (χ1v) is 18.4. The fourth-order valence-corrected chi connectivity index (χ4v) is 10.6. The highest BCUT2D eigenvalue weighted by atomic mass is 19.2. The Morgan fingerprint density at radius 2 is 0.981 bits per heavy atom. The van der Waals surface area contributed by atoms with Gasteiger partial charge in [-0.25, -0.2) is 48.6 Å². The van der Waals surface area contributed by atoms with Gasteiger partial charge in [-0.05, 0) is 106 Å². The van der Waals surface area contributed by atoms with Crippen LogP contribution in [0.2, 0.25) is 0 Å². The SMILES string of the molecule is CC1(C)CCCC(C)(C)N1OC1CCCC/C1=C\C1[B-](c2c(F)c(F)c(F)c(F)c2F)(c2c(F)c(F)c(F)c(F)c2F)O[N+]12C(C)(C)CCCC2(C)C. The molecule has 0 aromatic heterocycles. The maximum absolute atomic E-state index is 16.2. The minimum absolute atomic E-state index is 0.303.